The van der Waals surface area contributed by atoms with Crippen LogP contribution in [0.1, 0.15) is 19.3 Å². The van der Waals surface area contributed by atoms with Gasteiger partial charge in [-0.3, -0.25) is 9.59 Å². The number of nitrogens with zero attached hydrogens (tertiary/aromatic N) is 4. The first-order valence-corrected chi connectivity index (χ1v) is 11.6. The highest BCUT2D eigenvalue weighted by Gasteiger charge is 2.31. The normalized spacial score (nSPS) is 18.1. The molecule has 0 aliphatic carbocycles. The molecule has 2 saturated heterocycles. The van der Waals surface area contributed by atoms with Crippen LogP contribution in [0.15, 0.2) is 12.1 Å². The Bertz CT molecular complexity index is 1130. The van der Waals surface area contributed by atoms with Crippen LogP contribution in [0, 0.1) is 0 Å². The lowest BCUT2D eigenvalue weighted by molar-refractivity contribution is -0.152. The maximum absolute atomic E-state index is 12.5. The number of aliphatic carboxylic acids is 2. The highest BCUT2D eigenvalue weighted by atomic mass is 16.5. The van der Waals surface area contributed by atoms with E-state index in [1.807, 2.05) is 9.80 Å². The number of aromatic nitrogens is 2. The number of aliphatic hydroxyl groups is 1. The Balaban J connectivity index is 0.000000364. The molecule has 2 unspecified atom stereocenters. The Morgan fingerprint density at radius 1 is 1.11 bits per heavy atom. The third-order valence-electron chi connectivity index (χ3n) is 5.95. The lowest BCUT2D eigenvalue weighted by atomic mass is 10.2. The zero-order valence-corrected chi connectivity index (χ0v) is 20.6. The van der Waals surface area contributed by atoms with Crippen LogP contribution in [0.4, 0.5) is 11.8 Å². The number of rotatable bonds is 7. The quantitative estimate of drug-likeness (QED) is 0.379. The van der Waals surface area contributed by atoms with Crippen molar-refractivity contribution in [2.75, 3.05) is 57.6 Å². The number of aliphatic hydroxyl groups excluding tert-OH is 1. The minimum atomic E-state index is -1.79. The Kier molecular flexibility index (Phi) is 9.25. The number of anilines is 2. The van der Waals surface area contributed by atoms with E-state index in [-0.39, 0.29) is 12.0 Å². The molecule has 5 N–H and O–H groups in total. The number of nitrogens with two attached hydrogens (primary N) is 1. The number of ether oxygens (including phenoxy) is 3. The number of carboxylic acids is 2. The largest absolute Gasteiger partial charge is 0.493 e. The zero-order valence-electron chi connectivity index (χ0n) is 20.6. The minimum absolute atomic E-state index is 0.0907. The highest BCUT2D eigenvalue weighted by Crippen LogP contribution is 2.34. The van der Waals surface area contributed by atoms with Crippen molar-refractivity contribution in [1.82, 2.24) is 14.9 Å². The van der Waals surface area contributed by atoms with Crippen molar-refractivity contribution in [3.8, 4) is 11.5 Å². The van der Waals surface area contributed by atoms with Crippen molar-refractivity contribution in [2.24, 2.45) is 0 Å². The van der Waals surface area contributed by atoms with Crippen molar-refractivity contribution in [3.63, 3.8) is 0 Å². The molecule has 2 aliphatic heterocycles. The monoisotopic (exact) mass is 521 g/mol. The highest BCUT2D eigenvalue weighted by molar-refractivity contribution is 5.91. The van der Waals surface area contributed by atoms with Crippen LogP contribution in [-0.4, -0.2) is 107 Å². The number of piperazine rings is 1. The molecule has 2 atom stereocenters. The van der Waals surface area contributed by atoms with Crippen LogP contribution < -0.4 is 20.1 Å². The van der Waals surface area contributed by atoms with Crippen LogP contribution in [-0.2, 0) is 19.1 Å². The molecule has 1 aromatic carbocycles. The Hall–Kier alpha value is -3.91. The summed E-state index contributed by atoms with van der Waals surface area (Å²) in [5.41, 5.74) is 6.87. The Labute approximate surface area is 212 Å². The molecule has 14 nitrogen and oxygen atoms in total. The molecular weight excluding hydrogens is 490 g/mol. The number of benzene rings is 1. The number of fused-ring (bicyclic) bond motifs is 1. The fourth-order valence-corrected chi connectivity index (χ4v) is 3.96. The molecule has 0 bridgehead atoms. The summed E-state index contributed by atoms with van der Waals surface area (Å²) in [6.07, 6.45) is -1.05. The lowest BCUT2D eigenvalue weighted by Crippen LogP contribution is -2.51. The van der Waals surface area contributed by atoms with Crippen molar-refractivity contribution >= 4 is 40.5 Å². The standard InChI is InChI=1S/C19H25N5O4.C4H6O5/c1-26-15-10-12-13(11-16(15)27-2)21-19(22-17(12)20)24-7-5-23(6-8-24)18(25)14-4-3-9-28-14;5-2(4(8)9)1-3(6)7/h10-11,14H,3-9H2,1-2H3,(H2,20,21,22);2,5H,1H2,(H,6,7)(H,8,9). The number of methoxy groups -OCH3 is 2. The molecule has 0 radical (unpaired) electrons. The van der Waals surface area contributed by atoms with Crippen LogP contribution in [0.25, 0.3) is 10.9 Å². The summed E-state index contributed by atoms with van der Waals surface area (Å²) in [4.78, 5) is 45.0. The number of hydrogen-bond acceptors (Lipinski definition) is 11. The van der Waals surface area contributed by atoms with Crippen molar-refractivity contribution < 1.29 is 43.9 Å². The molecule has 1 amide bonds. The van der Waals surface area contributed by atoms with E-state index in [0.29, 0.717) is 67.0 Å². The lowest BCUT2D eigenvalue weighted by Gasteiger charge is -2.35. The summed E-state index contributed by atoms with van der Waals surface area (Å²) < 4.78 is 16.2. The van der Waals surface area contributed by atoms with Crippen molar-refractivity contribution in [2.45, 2.75) is 31.5 Å². The molecule has 4 rings (SSSR count). The summed E-state index contributed by atoms with van der Waals surface area (Å²) in [6.45, 7) is 3.21. The number of nitrogen functional groups attached to an aromatic ring is 1. The summed E-state index contributed by atoms with van der Waals surface area (Å²) in [5, 5.41) is 24.9. The number of amides is 1. The van der Waals surface area contributed by atoms with Gasteiger partial charge in [-0.15, -0.1) is 0 Å². The predicted molar refractivity (Wildman–Crippen MR) is 131 cm³/mol. The van der Waals surface area contributed by atoms with E-state index >= 15 is 0 Å². The minimum Gasteiger partial charge on any atom is -0.493 e. The van der Waals surface area contributed by atoms with Gasteiger partial charge in [0.05, 0.1) is 26.2 Å². The number of carboxylic acid groups (broad SMARTS) is 2. The van der Waals surface area contributed by atoms with E-state index in [9.17, 15) is 14.4 Å². The number of hydrogen-bond donors (Lipinski definition) is 4. The second-order valence-electron chi connectivity index (χ2n) is 8.40. The Morgan fingerprint density at radius 2 is 1.76 bits per heavy atom. The van der Waals surface area contributed by atoms with E-state index in [2.05, 4.69) is 9.97 Å². The average Bonchev–Trinajstić information content (AvgIpc) is 3.42. The van der Waals surface area contributed by atoms with Gasteiger partial charge in [0.15, 0.2) is 17.6 Å². The first-order valence-electron chi connectivity index (χ1n) is 11.6. The van der Waals surface area contributed by atoms with Gasteiger partial charge in [-0.1, -0.05) is 0 Å². The summed E-state index contributed by atoms with van der Waals surface area (Å²) >= 11 is 0. The fourth-order valence-electron chi connectivity index (χ4n) is 3.96. The number of carbonyl (C=O) groups is 3. The average molecular weight is 522 g/mol. The van der Waals surface area contributed by atoms with E-state index in [1.165, 1.54) is 0 Å². The Morgan fingerprint density at radius 3 is 2.27 bits per heavy atom. The summed E-state index contributed by atoms with van der Waals surface area (Å²) in [6, 6.07) is 3.58. The first-order chi connectivity index (χ1) is 17.6. The number of carbonyl (C=O) groups excluding carboxylic acids is 1. The molecule has 2 aliphatic rings. The summed E-state index contributed by atoms with van der Waals surface area (Å²) in [5.74, 6) is -0.638. The summed E-state index contributed by atoms with van der Waals surface area (Å²) in [7, 11) is 3.16. The SMILES string of the molecule is COc1cc2nc(N3CCN(C(=O)C4CCCO4)CC3)nc(N)c2cc1OC.O=C(O)CC(O)C(=O)O. The maximum Gasteiger partial charge on any atom is 0.333 e. The van der Waals surface area contributed by atoms with Gasteiger partial charge in [0, 0.05) is 44.2 Å². The van der Waals surface area contributed by atoms with Crippen LogP contribution >= 0.6 is 0 Å². The molecule has 202 valence electrons. The molecule has 0 spiro atoms. The molecule has 14 heteroatoms. The van der Waals surface area contributed by atoms with Gasteiger partial charge in [0.1, 0.15) is 11.9 Å². The van der Waals surface area contributed by atoms with Gasteiger partial charge in [-0.25, -0.2) is 9.78 Å². The van der Waals surface area contributed by atoms with Gasteiger partial charge >= 0.3 is 11.9 Å². The van der Waals surface area contributed by atoms with Gasteiger partial charge in [0.25, 0.3) is 5.91 Å². The van der Waals surface area contributed by atoms with E-state index < -0.39 is 24.5 Å². The molecule has 37 heavy (non-hydrogen) atoms. The third-order valence-corrected chi connectivity index (χ3v) is 5.95. The smallest absolute Gasteiger partial charge is 0.333 e. The molecule has 2 aromatic rings. The van der Waals surface area contributed by atoms with Crippen LogP contribution in [0.5, 0.6) is 11.5 Å². The molecule has 3 heterocycles. The fraction of sp³-hybridized carbons (Fsp3) is 0.522. The second kappa shape index (κ2) is 12.4. The first kappa shape index (κ1) is 27.7. The van der Waals surface area contributed by atoms with Crippen molar-refractivity contribution in [3.05, 3.63) is 12.1 Å². The van der Waals surface area contributed by atoms with E-state index in [4.69, 9.17) is 35.3 Å². The molecule has 1 aromatic heterocycles. The van der Waals surface area contributed by atoms with Crippen LogP contribution in [0.2, 0.25) is 0 Å². The third kappa shape index (κ3) is 6.86. The van der Waals surface area contributed by atoms with Gasteiger partial charge < -0.3 is 45.1 Å². The second-order valence-corrected chi connectivity index (χ2v) is 8.40. The zero-order chi connectivity index (χ0) is 27.1. The van der Waals surface area contributed by atoms with E-state index in [1.54, 1.807) is 26.4 Å². The molecule has 0 saturated carbocycles. The molecule has 2 fully saturated rings. The van der Waals surface area contributed by atoms with Gasteiger partial charge in [-0.05, 0) is 18.9 Å². The van der Waals surface area contributed by atoms with Crippen LogP contribution in [0.3, 0.4) is 0 Å². The predicted octanol–water partition coefficient (Wildman–Crippen LogP) is -0.0366. The topological polar surface area (TPSA) is 198 Å². The molecular formula is C23H31N5O9. The van der Waals surface area contributed by atoms with Crippen molar-refractivity contribution in [1.29, 1.82) is 0 Å². The van der Waals surface area contributed by atoms with Gasteiger partial charge in [0.2, 0.25) is 5.95 Å². The van der Waals surface area contributed by atoms with Gasteiger partial charge in [-0.2, -0.15) is 4.98 Å². The van der Waals surface area contributed by atoms with E-state index in [0.717, 1.165) is 12.8 Å². The maximum atomic E-state index is 12.5.